The van der Waals surface area contributed by atoms with Crippen molar-refractivity contribution in [3.05, 3.63) is 34.3 Å². The zero-order valence-electron chi connectivity index (χ0n) is 11.4. The van der Waals surface area contributed by atoms with Crippen LogP contribution in [0, 0.1) is 5.92 Å². The van der Waals surface area contributed by atoms with E-state index in [1.165, 1.54) is 0 Å². The molecule has 1 aliphatic heterocycles. The van der Waals surface area contributed by atoms with Gasteiger partial charge in [0.15, 0.2) is 0 Å². The quantitative estimate of drug-likeness (QED) is 0.918. The maximum absolute atomic E-state index is 12.3. The molecule has 2 fully saturated rings. The lowest BCUT2D eigenvalue weighted by Crippen LogP contribution is -2.66. The molecule has 1 aliphatic carbocycles. The van der Waals surface area contributed by atoms with Crippen LogP contribution < -0.4 is 5.32 Å². The summed E-state index contributed by atoms with van der Waals surface area (Å²) in [6, 6.07) is 7.83. The van der Waals surface area contributed by atoms with Gasteiger partial charge >= 0.3 is 0 Å². The number of halogens is 1. The number of piperazine rings is 1. The van der Waals surface area contributed by atoms with E-state index in [2.05, 4.69) is 21.2 Å². The van der Waals surface area contributed by atoms with Crippen LogP contribution in [0.15, 0.2) is 28.7 Å². The summed E-state index contributed by atoms with van der Waals surface area (Å²) in [6.07, 6.45) is 2.04. The SMILES string of the molecule is CC1(C2CC2)C(=O)NCC(=O)N1Cc1ccccc1Br. The number of rotatable bonds is 3. The fourth-order valence-electron chi connectivity index (χ4n) is 2.91. The summed E-state index contributed by atoms with van der Waals surface area (Å²) in [5.41, 5.74) is 0.326. The number of carbonyl (C=O) groups is 2. The average molecular weight is 337 g/mol. The Morgan fingerprint density at radius 1 is 1.35 bits per heavy atom. The van der Waals surface area contributed by atoms with E-state index in [4.69, 9.17) is 0 Å². The van der Waals surface area contributed by atoms with Gasteiger partial charge in [-0.15, -0.1) is 0 Å². The van der Waals surface area contributed by atoms with E-state index in [1.54, 1.807) is 4.90 Å². The first-order chi connectivity index (χ1) is 9.53. The second kappa shape index (κ2) is 4.88. The molecule has 2 amide bonds. The standard InChI is InChI=1S/C15H17BrN2O2/c1-15(11-6-7-11)14(20)17-8-13(19)18(15)9-10-4-2-3-5-12(10)16/h2-5,11H,6-9H2,1H3,(H,17,20). The molecule has 1 aromatic rings. The van der Waals surface area contributed by atoms with Gasteiger partial charge in [-0.1, -0.05) is 34.1 Å². The van der Waals surface area contributed by atoms with E-state index in [0.717, 1.165) is 22.9 Å². The molecule has 2 aliphatic rings. The van der Waals surface area contributed by atoms with Gasteiger partial charge in [0, 0.05) is 11.0 Å². The van der Waals surface area contributed by atoms with E-state index >= 15 is 0 Å². The molecule has 1 N–H and O–H groups in total. The first-order valence-electron chi connectivity index (χ1n) is 6.85. The van der Waals surface area contributed by atoms with Crippen molar-refractivity contribution in [3.63, 3.8) is 0 Å². The number of hydrogen-bond donors (Lipinski definition) is 1. The first kappa shape index (κ1) is 13.6. The van der Waals surface area contributed by atoms with Crippen LogP contribution in [0.5, 0.6) is 0 Å². The molecule has 3 rings (SSSR count). The molecule has 4 nitrogen and oxygen atoms in total. The average Bonchev–Trinajstić information content (AvgIpc) is 3.26. The van der Waals surface area contributed by atoms with Crippen molar-refractivity contribution in [2.75, 3.05) is 6.54 Å². The van der Waals surface area contributed by atoms with Gasteiger partial charge in [0.05, 0.1) is 6.54 Å². The highest BCUT2D eigenvalue weighted by Gasteiger charge is 2.54. The van der Waals surface area contributed by atoms with E-state index in [0.29, 0.717) is 6.54 Å². The Hall–Kier alpha value is -1.36. The smallest absolute Gasteiger partial charge is 0.246 e. The van der Waals surface area contributed by atoms with Gasteiger partial charge in [0.1, 0.15) is 5.54 Å². The lowest BCUT2D eigenvalue weighted by Gasteiger charge is -2.44. The van der Waals surface area contributed by atoms with Crippen LogP contribution in [-0.4, -0.2) is 28.8 Å². The minimum atomic E-state index is -0.704. The molecule has 1 saturated heterocycles. The summed E-state index contributed by atoms with van der Waals surface area (Å²) in [6.45, 7) is 2.47. The predicted octanol–water partition coefficient (Wildman–Crippen LogP) is 2.08. The van der Waals surface area contributed by atoms with Crippen molar-refractivity contribution in [1.82, 2.24) is 10.2 Å². The van der Waals surface area contributed by atoms with Crippen LogP contribution in [0.3, 0.4) is 0 Å². The Labute approximate surface area is 126 Å². The van der Waals surface area contributed by atoms with E-state index in [-0.39, 0.29) is 24.3 Å². The molecule has 1 saturated carbocycles. The van der Waals surface area contributed by atoms with Gasteiger partial charge in [-0.25, -0.2) is 0 Å². The molecule has 1 heterocycles. The Morgan fingerprint density at radius 2 is 2.05 bits per heavy atom. The zero-order chi connectivity index (χ0) is 14.3. The topological polar surface area (TPSA) is 49.4 Å². The molecule has 106 valence electrons. The van der Waals surface area contributed by atoms with Crippen molar-refractivity contribution in [3.8, 4) is 0 Å². The van der Waals surface area contributed by atoms with Crippen LogP contribution in [-0.2, 0) is 16.1 Å². The van der Waals surface area contributed by atoms with Gasteiger partial charge in [-0.2, -0.15) is 0 Å². The van der Waals surface area contributed by atoms with Gasteiger partial charge in [-0.05, 0) is 37.3 Å². The molecular weight excluding hydrogens is 320 g/mol. The maximum Gasteiger partial charge on any atom is 0.246 e. The van der Waals surface area contributed by atoms with Crippen molar-refractivity contribution < 1.29 is 9.59 Å². The second-order valence-corrected chi connectivity index (χ2v) is 6.53. The van der Waals surface area contributed by atoms with E-state index in [9.17, 15) is 9.59 Å². The predicted molar refractivity (Wildman–Crippen MR) is 78.8 cm³/mol. The zero-order valence-corrected chi connectivity index (χ0v) is 12.9. The van der Waals surface area contributed by atoms with E-state index in [1.807, 2.05) is 31.2 Å². The fraction of sp³-hybridized carbons (Fsp3) is 0.467. The molecule has 0 aromatic heterocycles. The lowest BCUT2D eigenvalue weighted by atomic mass is 9.89. The first-order valence-corrected chi connectivity index (χ1v) is 7.65. The summed E-state index contributed by atoms with van der Waals surface area (Å²) < 4.78 is 0.969. The number of benzene rings is 1. The summed E-state index contributed by atoms with van der Waals surface area (Å²) in [7, 11) is 0. The largest absolute Gasteiger partial charge is 0.345 e. The number of carbonyl (C=O) groups excluding carboxylic acids is 2. The molecule has 1 aromatic carbocycles. The van der Waals surface area contributed by atoms with Crippen molar-refractivity contribution in [1.29, 1.82) is 0 Å². The summed E-state index contributed by atoms with van der Waals surface area (Å²) in [4.78, 5) is 26.4. The highest BCUT2D eigenvalue weighted by atomic mass is 79.9. The molecule has 5 heteroatoms. The summed E-state index contributed by atoms with van der Waals surface area (Å²) >= 11 is 3.51. The third-order valence-corrected chi connectivity index (χ3v) is 5.15. The van der Waals surface area contributed by atoms with Crippen molar-refractivity contribution >= 4 is 27.7 Å². The molecule has 0 bridgehead atoms. The second-order valence-electron chi connectivity index (χ2n) is 5.68. The molecular formula is C15H17BrN2O2. The van der Waals surface area contributed by atoms with Crippen molar-refractivity contribution in [2.24, 2.45) is 5.92 Å². The monoisotopic (exact) mass is 336 g/mol. The third-order valence-electron chi connectivity index (χ3n) is 4.38. The number of nitrogens with one attached hydrogen (secondary N) is 1. The maximum atomic E-state index is 12.3. The van der Waals surface area contributed by atoms with Gasteiger partial charge in [-0.3, -0.25) is 9.59 Å². The Balaban J connectivity index is 1.93. The highest BCUT2D eigenvalue weighted by Crippen LogP contribution is 2.45. The Bertz CT molecular complexity index is 571. The van der Waals surface area contributed by atoms with Crippen LogP contribution in [0.4, 0.5) is 0 Å². The molecule has 20 heavy (non-hydrogen) atoms. The van der Waals surface area contributed by atoms with Crippen LogP contribution in [0.1, 0.15) is 25.3 Å². The van der Waals surface area contributed by atoms with Crippen LogP contribution >= 0.6 is 15.9 Å². The normalized spacial score (nSPS) is 26.6. The lowest BCUT2D eigenvalue weighted by molar-refractivity contribution is -0.155. The van der Waals surface area contributed by atoms with Gasteiger partial charge in [0.25, 0.3) is 0 Å². The third kappa shape index (κ3) is 2.14. The van der Waals surface area contributed by atoms with Crippen LogP contribution in [0.25, 0.3) is 0 Å². The molecule has 0 radical (unpaired) electrons. The minimum Gasteiger partial charge on any atom is -0.345 e. The molecule has 1 atom stereocenters. The minimum absolute atomic E-state index is 0.00486. The number of amides is 2. The van der Waals surface area contributed by atoms with Crippen LogP contribution in [0.2, 0.25) is 0 Å². The molecule has 0 spiro atoms. The Kier molecular flexibility index (Phi) is 3.32. The van der Waals surface area contributed by atoms with Crippen molar-refractivity contribution in [2.45, 2.75) is 31.8 Å². The number of nitrogens with zero attached hydrogens (tertiary/aromatic N) is 1. The van der Waals surface area contributed by atoms with Gasteiger partial charge in [0.2, 0.25) is 11.8 Å². The fourth-order valence-corrected chi connectivity index (χ4v) is 3.32. The number of hydrogen-bond acceptors (Lipinski definition) is 2. The Morgan fingerprint density at radius 3 is 2.70 bits per heavy atom. The van der Waals surface area contributed by atoms with Gasteiger partial charge < -0.3 is 10.2 Å². The highest BCUT2D eigenvalue weighted by molar-refractivity contribution is 9.10. The molecule has 1 unspecified atom stereocenters. The summed E-state index contributed by atoms with van der Waals surface area (Å²) in [5.74, 6) is 0.260. The van der Waals surface area contributed by atoms with E-state index < -0.39 is 5.54 Å². The summed E-state index contributed by atoms with van der Waals surface area (Å²) in [5, 5.41) is 2.73.